The first kappa shape index (κ1) is 15.3. The fourth-order valence-electron chi connectivity index (χ4n) is 2.03. The molecule has 2 aromatic rings. The average Bonchev–Trinajstić information content (AvgIpc) is 2.53. The van der Waals surface area contributed by atoms with E-state index in [9.17, 15) is 0 Å². The topological polar surface area (TPSA) is 54.4 Å². The van der Waals surface area contributed by atoms with Crippen LogP contribution in [0.2, 0.25) is 0 Å². The molecule has 2 N–H and O–H groups in total. The summed E-state index contributed by atoms with van der Waals surface area (Å²) >= 11 is 0. The van der Waals surface area contributed by atoms with Gasteiger partial charge in [-0.05, 0) is 36.6 Å². The van der Waals surface area contributed by atoms with Crippen molar-refractivity contribution < 1.29 is 9.84 Å². The smallest absolute Gasteiger partial charge is 0.130 e. The minimum Gasteiger partial charge on any atom is -0.487 e. The van der Waals surface area contributed by atoms with Gasteiger partial charge >= 0.3 is 0 Å². The predicted octanol–water partition coefficient (Wildman–Crippen LogP) is 3.02. The van der Waals surface area contributed by atoms with Crippen molar-refractivity contribution in [3.05, 3.63) is 53.7 Å². The van der Waals surface area contributed by atoms with Crippen LogP contribution in [0.15, 0.2) is 42.5 Å². The lowest BCUT2D eigenvalue weighted by molar-refractivity contribution is 0.282. The molecule has 0 bridgehead atoms. The Hall–Kier alpha value is -2.07. The van der Waals surface area contributed by atoms with Crippen LogP contribution in [0.1, 0.15) is 24.6 Å². The van der Waals surface area contributed by atoms with Crippen LogP contribution in [-0.4, -0.2) is 23.2 Å². The molecule has 0 saturated heterocycles. The van der Waals surface area contributed by atoms with Gasteiger partial charge in [0.25, 0.3) is 0 Å². The van der Waals surface area contributed by atoms with E-state index in [0.29, 0.717) is 13.0 Å². The van der Waals surface area contributed by atoms with Crippen LogP contribution in [0.3, 0.4) is 0 Å². The number of aliphatic hydroxyl groups is 1. The predicted molar refractivity (Wildman–Crippen MR) is 84.6 cm³/mol. The van der Waals surface area contributed by atoms with E-state index in [1.807, 2.05) is 42.5 Å². The van der Waals surface area contributed by atoms with Gasteiger partial charge in [-0.2, -0.15) is 0 Å². The molecule has 0 spiro atoms. The highest BCUT2D eigenvalue weighted by atomic mass is 16.5. The number of aromatic nitrogens is 1. The maximum absolute atomic E-state index is 9.07. The molecule has 0 amide bonds. The van der Waals surface area contributed by atoms with Crippen molar-refractivity contribution in [2.24, 2.45) is 0 Å². The average molecular weight is 286 g/mol. The number of rotatable bonds is 8. The second kappa shape index (κ2) is 8.27. The van der Waals surface area contributed by atoms with Crippen LogP contribution in [0, 0.1) is 0 Å². The Morgan fingerprint density at radius 2 is 2.00 bits per heavy atom. The van der Waals surface area contributed by atoms with E-state index in [0.717, 1.165) is 35.8 Å². The summed E-state index contributed by atoms with van der Waals surface area (Å²) in [7, 11) is 0. The van der Waals surface area contributed by atoms with Crippen molar-refractivity contribution in [3.8, 4) is 5.75 Å². The van der Waals surface area contributed by atoms with Crippen molar-refractivity contribution in [1.29, 1.82) is 0 Å². The number of hydrogen-bond donors (Lipinski definition) is 2. The van der Waals surface area contributed by atoms with Gasteiger partial charge < -0.3 is 15.2 Å². The molecule has 0 aliphatic heterocycles. The van der Waals surface area contributed by atoms with E-state index in [1.54, 1.807) is 0 Å². The zero-order valence-corrected chi connectivity index (χ0v) is 12.4. The summed E-state index contributed by atoms with van der Waals surface area (Å²) in [5, 5.41) is 12.3. The van der Waals surface area contributed by atoms with Gasteiger partial charge in [-0.25, -0.2) is 4.98 Å². The zero-order chi connectivity index (χ0) is 14.9. The van der Waals surface area contributed by atoms with Crippen LogP contribution in [0.4, 0.5) is 5.82 Å². The van der Waals surface area contributed by atoms with Gasteiger partial charge in [0.1, 0.15) is 18.2 Å². The van der Waals surface area contributed by atoms with Gasteiger partial charge in [0, 0.05) is 13.2 Å². The highest BCUT2D eigenvalue weighted by molar-refractivity contribution is 5.36. The number of benzene rings is 1. The number of nitrogens with zero attached hydrogens (tertiary/aromatic N) is 1. The van der Waals surface area contributed by atoms with Gasteiger partial charge in [-0.3, -0.25) is 0 Å². The Morgan fingerprint density at radius 3 is 2.81 bits per heavy atom. The van der Waals surface area contributed by atoms with E-state index < -0.39 is 0 Å². The first-order valence-corrected chi connectivity index (χ1v) is 7.35. The Kier molecular flexibility index (Phi) is 6.03. The fraction of sp³-hybridized carbons (Fsp3) is 0.353. The first-order chi connectivity index (χ1) is 10.3. The Balaban J connectivity index is 1.99. The molecular weight excluding hydrogens is 264 g/mol. The summed E-state index contributed by atoms with van der Waals surface area (Å²) in [6.45, 7) is 3.58. The number of aliphatic hydroxyl groups excluding tert-OH is 1. The minimum absolute atomic E-state index is 0.120. The van der Waals surface area contributed by atoms with E-state index in [2.05, 4.69) is 17.2 Å². The molecule has 0 aliphatic carbocycles. The number of anilines is 1. The summed E-state index contributed by atoms with van der Waals surface area (Å²) in [4.78, 5) is 4.52. The third kappa shape index (κ3) is 4.76. The largest absolute Gasteiger partial charge is 0.487 e. The van der Waals surface area contributed by atoms with E-state index in [4.69, 9.17) is 9.84 Å². The van der Waals surface area contributed by atoms with Gasteiger partial charge in [-0.15, -0.1) is 0 Å². The molecule has 1 heterocycles. The van der Waals surface area contributed by atoms with E-state index in [1.165, 1.54) is 0 Å². The molecule has 21 heavy (non-hydrogen) atoms. The number of pyridine rings is 1. The molecule has 4 nitrogen and oxygen atoms in total. The summed E-state index contributed by atoms with van der Waals surface area (Å²) < 4.78 is 5.83. The van der Waals surface area contributed by atoms with E-state index >= 15 is 0 Å². The van der Waals surface area contributed by atoms with Crippen LogP contribution < -0.4 is 10.1 Å². The Bertz CT molecular complexity index is 558. The quantitative estimate of drug-likeness (QED) is 0.783. The number of nitrogens with one attached hydrogen (secondary N) is 1. The second-order valence-corrected chi connectivity index (χ2v) is 4.81. The molecule has 0 unspecified atom stereocenters. The molecule has 0 fully saturated rings. The van der Waals surface area contributed by atoms with Gasteiger partial charge in [0.2, 0.25) is 0 Å². The third-order valence-corrected chi connectivity index (χ3v) is 3.09. The van der Waals surface area contributed by atoms with E-state index in [-0.39, 0.29) is 6.61 Å². The monoisotopic (exact) mass is 286 g/mol. The SMILES string of the molecule is CCCNc1cccc(COc2ccccc2CCO)n1. The van der Waals surface area contributed by atoms with Crippen LogP contribution >= 0.6 is 0 Å². The van der Waals surface area contributed by atoms with Crippen molar-refractivity contribution in [1.82, 2.24) is 4.98 Å². The van der Waals surface area contributed by atoms with Gasteiger partial charge in [0.15, 0.2) is 0 Å². The number of para-hydroxylation sites is 1. The van der Waals surface area contributed by atoms with Crippen LogP contribution in [0.25, 0.3) is 0 Å². The molecule has 112 valence electrons. The first-order valence-electron chi connectivity index (χ1n) is 7.35. The normalized spacial score (nSPS) is 10.4. The standard InChI is InChI=1S/C17H22N2O2/c1-2-11-18-17-9-5-7-15(19-17)13-21-16-8-4-3-6-14(16)10-12-20/h3-9,20H,2,10-13H2,1H3,(H,18,19). The second-order valence-electron chi connectivity index (χ2n) is 4.81. The maximum Gasteiger partial charge on any atom is 0.130 e. The molecule has 0 aliphatic rings. The summed E-state index contributed by atoms with van der Waals surface area (Å²) in [6, 6.07) is 13.7. The minimum atomic E-state index is 0.120. The van der Waals surface area contributed by atoms with Crippen molar-refractivity contribution in [2.45, 2.75) is 26.4 Å². The lowest BCUT2D eigenvalue weighted by Gasteiger charge is -2.11. The van der Waals surface area contributed by atoms with Gasteiger partial charge in [0.05, 0.1) is 5.69 Å². The van der Waals surface area contributed by atoms with Crippen LogP contribution in [-0.2, 0) is 13.0 Å². The fourth-order valence-corrected chi connectivity index (χ4v) is 2.03. The maximum atomic E-state index is 9.07. The van der Waals surface area contributed by atoms with Crippen molar-refractivity contribution in [3.63, 3.8) is 0 Å². The molecule has 2 rings (SSSR count). The Morgan fingerprint density at radius 1 is 1.14 bits per heavy atom. The summed E-state index contributed by atoms with van der Waals surface area (Å²) in [6.07, 6.45) is 1.67. The Labute approximate surface area is 125 Å². The third-order valence-electron chi connectivity index (χ3n) is 3.09. The lowest BCUT2D eigenvalue weighted by atomic mass is 10.1. The van der Waals surface area contributed by atoms with Crippen molar-refractivity contribution in [2.75, 3.05) is 18.5 Å². The summed E-state index contributed by atoms with van der Waals surface area (Å²) in [5.74, 6) is 1.68. The molecule has 0 saturated carbocycles. The molecule has 1 aromatic carbocycles. The molecule has 1 aromatic heterocycles. The summed E-state index contributed by atoms with van der Waals surface area (Å²) in [5.41, 5.74) is 1.90. The lowest BCUT2D eigenvalue weighted by Crippen LogP contribution is -2.05. The zero-order valence-electron chi connectivity index (χ0n) is 12.4. The highest BCUT2D eigenvalue weighted by Gasteiger charge is 2.04. The number of ether oxygens (including phenoxy) is 1. The molecule has 0 atom stereocenters. The van der Waals surface area contributed by atoms with Crippen molar-refractivity contribution >= 4 is 5.82 Å². The molecular formula is C17H22N2O2. The molecule has 0 radical (unpaired) electrons. The van der Waals surface area contributed by atoms with Gasteiger partial charge in [-0.1, -0.05) is 31.2 Å². The highest BCUT2D eigenvalue weighted by Crippen LogP contribution is 2.19. The van der Waals surface area contributed by atoms with Crippen LogP contribution in [0.5, 0.6) is 5.75 Å². The molecule has 4 heteroatoms. The number of hydrogen-bond acceptors (Lipinski definition) is 4.